The summed E-state index contributed by atoms with van der Waals surface area (Å²) in [6.07, 6.45) is 0. The maximum absolute atomic E-state index is 3.74. The molecule has 150 valence electrons. The van der Waals surface area contributed by atoms with Crippen molar-refractivity contribution in [3.63, 3.8) is 0 Å². The van der Waals surface area contributed by atoms with Gasteiger partial charge in [0.2, 0.25) is 0 Å². The SMILES string of the molecule is Cc1ccc(-c2cc3ccccc3c3c2c2ccccc2c2[nH]c4ccccc4c23)cc1. The normalized spacial score (nSPS) is 11.9. The molecular formula is C31H21N. The summed E-state index contributed by atoms with van der Waals surface area (Å²) in [7, 11) is 0. The molecule has 0 atom stereocenters. The molecule has 0 amide bonds. The molecule has 32 heavy (non-hydrogen) atoms. The van der Waals surface area contributed by atoms with E-state index < -0.39 is 0 Å². The third kappa shape index (κ3) is 2.34. The van der Waals surface area contributed by atoms with Crippen molar-refractivity contribution in [2.45, 2.75) is 6.92 Å². The molecule has 1 N–H and O–H groups in total. The average Bonchev–Trinajstić information content (AvgIpc) is 3.24. The first-order valence-electron chi connectivity index (χ1n) is 11.1. The molecule has 0 bridgehead atoms. The summed E-state index contributed by atoms with van der Waals surface area (Å²) in [6.45, 7) is 2.15. The van der Waals surface area contributed by atoms with Crippen LogP contribution < -0.4 is 0 Å². The van der Waals surface area contributed by atoms with Gasteiger partial charge in [0.15, 0.2) is 0 Å². The maximum Gasteiger partial charge on any atom is 0.0551 e. The van der Waals surface area contributed by atoms with Gasteiger partial charge in [-0.15, -0.1) is 0 Å². The minimum atomic E-state index is 1.19. The molecule has 0 saturated heterocycles. The second kappa shape index (κ2) is 6.45. The van der Waals surface area contributed by atoms with Crippen molar-refractivity contribution in [2.24, 2.45) is 0 Å². The third-order valence-corrected chi connectivity index (χ3v) is 6.83. The number of aryl methyl sites for hydroxylation is 1. The van der Waals surface area contributed by atoms with E-state index >= 15 is 0 Å². The maximum atomic E-state index is 3.74. The predicted octanol–water partition coefficient (Wildman–Crippen LogP) is 8.76. The molecule has 0 saturated carbocycles. The predicted molar refractivity (Wildman–Crippen MR) is 138 cm³/mol. The van der Waals surface area contributed by atoms with Crippen LogP contribution in [0.3, 0.4) is 0 Å². The Kier molecular flexibility index (Phi) is 3.54. The fraction of sp³-hybridized carbons (Fsp3) is 0.0323. The summed E-state index contributed by atoms with van der Waals surface area (Å²) in [5, 5.41) is 10.4. The lowest BCUT2D eigenvalue weighted by molar-refractivity contribution is 1.47. The quantitative estimate of drug-likeness (QED) is 0.262. The first-order chi connectivity index (χ1) is 15.8. The molecule has 6 aromatic carbocycles. The van der Waals surface area contributed by atoms with Gasteiger partial charge in [-0.05, 0) is 51.7 Å². The minimum Gasteiger partial charge on any atom is -0.354 e. The Hall–Kier alpha value is -4.10. The number of hydrogen-bond donors (Lipinski definition) is 1. The molecule has 1 heteroatoms. The zero-order valence-electron chi connectivity index (χ0n) is 17.8. The van der Waals surface area contributed by atoms with E-state index in [1.165, 1.54) is 70.8 Å². The summed E-state index contributed by atoms with van der Waals surface area (Å²) in [4.78, 5) is 3.74. The highest BCUT2D eigenvalue weighted by Gasteiger charge is 2.18. The van der Waals surface area contributed by atoms with Gasteiger partial charge in [-0.2, -0.15) is 0 Å². The highest BCUT2D eigenvalue weighted by atomic mass is 14.7. The molecule has 0 unspecified atom stereocenters. The van der Waals surface area contributed by atoms with E-state index in [4.69, 9.17) is 0 Å². The van der Waals surface area contributed by atoms with Crippen molar-refractivity contribution < 1.29 is 0 Å². The van der Waals surface area contributed by atoms with Crippen molar-refractivity contribution >= 4 is 54.1 Å². The van der Waals surface area contributed by atoms with E-state index in [2.05, 4.69) is 115 Å². The molecule has 7 rings (SSSR count). The largest absolute Gasteiger partial charge is 0.354 e. The van der Waals surface area contributed by atoms with Crippen molar-refractivity contribution in [1.82, 2.24) is 4.98 Å². The topological polar surface area (TPSA) is 15.8 Å². The van der Waals surface area contributed by atoms with Gasteiger partial charge in [-0.25, -0.2) is 0 Å². The van der Waals surface area contributed by atoms with Crippen LogP contribution in [-0.4, -0.2) is 4.98 Å². The van der Waals surface area contributed by atoms with Crippen LogP contribution in [0.2, 0.25) is 0 Å². The highest BCUT2D eigenvalue weighted by molar-refractivity contribution is 6.38. The van der Waals surface area contributed by atoms with E-state index in [1.54, 1.807) is 0 Å². The lowest BCUT2D eigenvalue weighted by Gasteiger charge is -2.16. The Balaban J connectivity index is 1.86. The van der Waals surface area contributed by atoms with Crippen molar-refractivity contribution in [3.8, 4) is 11.1 Å². The molecule has 1 heterocycles. The second-order valence-electron chi connectivity index (χ2n) is 8.73. The van der Waals surface area contributed by atoms with E-state index in [-0.39, 0.29) is 0 Å². The molecule has 0 spiro atoms. The molecule has 1 aromatic heterocycles. The Bertz CT molecular complexity index is 1820. The van der Waals surface area contributed by atoms with E-state index in [0.29, 0.717) is 0 Å². The van der Waals surface area contributed by atoms with E-state index in [9.17, 15) is 0 Å². The molecule has 7 aromatic rings. The van der Waals surface area contributed by atoms with Crippen LogP contribution in [-0.2, 0) is 0 Å². The second-order valence-corrected chi connectivity index (χ2v) is 8.73. The van der Waals surface area contributed by atoms with Crippen LogP contribution in [0.1, 0.15) is 5.56 Å². The Morgan fingerprint density at radius 3 is 2.00 bits per heavy atom. The highest BCUT2D eigenvalue weighted by Crippen LogP contribution is 2.45. The zero-order chi connectivity index (χ0) is 21.2. The standard InChI is InChI=1S/C31H21N/c1-19-14-16-20(17-15-19)26-18-21-8-2-3-9-22(21)29-28(26)23-10-4-5-11-24(23)31-30(29)25-12-6-7-13-27(25)32-31/h2-18,32H,1H3. The summed E-state index contributed by atoms with van der Waals surface area (Å²) in [5.41, 5.74) is 6.24. The molecule has 0 radical (unpaired) electrons. The Morgan fingerprint density at radius 1 is 0.531 bits per heavy atom. The van der Waals surface area contributed by atoms with Crippen LogP contribution in [0.15, 0.2) is 103 Å². The van der Waals surface area contributed by atoms with Crippen LogP contribution in [0.4, 0.5) is 0 Å². The van der Waals surface area contributed by atoms with Crippen LogP contribution in [0.25, 0.3) is 65.3 Å². The number of aromatic nitrogens is 1. The van der Waals surface area contributed by atoms with Crippen molar-refractivity contribution in [2.75, 3.05) is 0 Å². The van der Waals surface area contributed by atoms with Crippen LogP contribution >= 0.6 is 0 Å². The molecule has 0 aliphatic heterocycles. The first-order valence-corrected chi connectivity index (χ1v) is 11.1. The molecule has 1 nitrogen and oxygen atoms in total. The Morgan fingerprint density at radius 2 is 1.19 bits per heavy atom. The van der Waals surface area contributed by atoms with E-state index in [0.717, 1.165) is 0 Å². The van der Waals surface area contributed by atoms with Gasteiger partial charge in [0.05, 0.1) is 5.52 Å². The fourth-order valence-electron chi connectivity index (χ4n) is 5.37. The fourth-order valence-corrected chi connectivity index (χ4v) is 5.37. The summed E-state index contributed by atoms with van der Waals surface area (Å²) in [5.74, 6) is 0. The van der Waals surface area contributed by atoms with E-state index in [1.807, 2.05) is 0 Å². The third-order valence-electron chi connectivity index (χ3n) is 6.83. The van der Waals surface area contributed by atoms with Crippen molar-refractivity contribution in [3.05, 3.63) is 109 Å². The van der Waals surface area contributed by atoms with Crippen LogP contribution in [0, 0.1) is 6.92 Å². The summed E-state index contributed by atoms with van der Waals surface area (Å²) >= 11 is 0. The van der Waals surface area contributed by atoms with Gasteiger partial charge in [0, 0.05) is 27.1 Å². The van der Waals surface area contributed by atoms with Gasteiger partial charge < -0.3 is 4.98 Å². The molecule has 0 aliphatic carbocycles. The smallest absolute Gasteiger partial charge is 0.0551 e. The number of rotatable bonds is 1. The zero-order valence-corrected chi connectivity index (χ0v) is 17.8. The summed E-state index contributed by atoms with van der Waals surface area (Å²) in [6, 6.07) is 37.6. The Labute approximate surface area is 185 Å². The number of hydrogen-bond acceptors (Lipinski definition) is 0. The monoisotopic (exact) mass is 407 g/mol. The molecule has 0 aliphatic rings. The number of nitrogens with one attached hydrogen (secondary N) is 1. The van der Waals surface area contributed by atoms with Gasteiger partial charge in [-0.1, -0.05) is 96.6 Å². The van der Waals surface area contributed by atoms with Gasteiger partial charge in [0.25, 0.3) is 0 Å². The number of H-pyrrole nitrogens is 1. The summed E-state index contributed by atoms with van der Waals surface area (Å²) < 4.78 is 0. The lowest BCUT2D eigenvalue weighted by Crippen LogP contribution is -1.89. The van der Waals surface area contributed by atoms with Gasteiger partial charge >= 0.3 is 0 Å². The number of benzene rings is 6. The van der Waals surface area contributed by atoms with Crippen molar-refractivity contribution in [1.29, 1.82) is 0 Å². The number of para-hydroxylation sites is 1. The molecule has 0 fully saturated rings. The lowest BCUT2D eigenvalue weighted by atomic mass is 9.87. The minimum absolute atomic E-state index is 1.19. The van der Waals surface area contributed by atoms with Gasteiger partial charge in [0.1, 0.15) is 0 Å². The number of aromatic amines is 1. The average molecular weight is 408 g/mol. The molecular weight excluding hydrogens is 386 g/mol. The number of fused-ring (bicyclic) bond motifs is 10. The first kappa shape index (κ1) is 17.6. The van der Waals surface area contributed by atoms with Gasteiger partial charge in [-0.3, -0.25) is 0 Å². The van der Waals surface area contributed by atoms with Crippen LogP contribution in [0.5, 0.6) is 0 Å².